The number of hydrogen-bond donors (Lipinski definition) is 2. The van der Waals surface area contributed by atoms with Crippen molar-refractivity contribution >= 4 is 11.5 Å². The van der Waals surface area contributed by atoms with Crippen LogP contribution in [0.4, 0.5) is 11.5 Å². The SMILES string of the molecule is CCCc1nn(C)c(NCc2c(C)nn(C)c2C)c1N. The van der Waals surface area contributed by atoms with Gasteiger partial charge in [-0.2, -0.15) is 10.2 Å². The molecule has 0 bridgehead atoms. The quantitative estimate of drug-likeness (QED) is 0.875. The molecule has 0 aliphatic rings. The minimum Gasteiger partial charge on any atom is -0.394 e. The molecule has 2 rings (SSSR count). The fourth-order valence-corrected chi connectivity index (χ4v) is 2.47. The van der Waals surface area contributed by atoms with Crippen LogP contribution in [0.3, 0.4) is 0 Å². The van der Waals surface area contributed by atoms with Gasteiger partial charge in [0.25, 0.3) is 0 Å². The van der Waals surface area contributed by atoms with E-state index in [4.69, 9.17) is 5.73 Å². The van der Waals surface area contributed by atoms with Gasteiger partial charge in [0.2, 0.25) is 0 Å². The molecule has 20 heavy (non-hydrogen) atoms. The number of rotatable bonds is 5. The van der Waals surface area contributed by atoms with E-state index in [0.29, 0.717) is 6.54 Å². The van der Waals surface area contributed by atoms with Crippen LogP contribution >= 0.6 is 0 Å². The Morgan fingerprint density at radius 2 is 1.85 bits per heavy atom. The molecular formula is C14H24N6. The molecule has 6 nitrogen and oxygen atoms in total. The average molecular weight is 276 g/mol. The van der Waals surface area contributed by atoms with Gasteiger partial charge in [-0.25, -0.2) is 0 Å². The summed E-state index contributed by atoms with van der Waals surface area (Å²) in [5, 5.41) is 12.3. The molecule has 0 radical (unpaired) electrons. The summed E-state index contributed by atoms with van der Waals surface area (Å²) in [4.78, 5) is 0. The number of nitrogens with one attached hydrogen (secondary N) is 1. The first-order valence-corrected chi connectivity index (χ1v) is 7.00. The maximum Gasteiger partial charge on any atom is 0.148 e. The number of aromatic nitrogens is 4. The summed E-state index contributed by atoms with van der Waals surface area (Å²) in [6.07, 6.45) is 1.95. The highest BCUT2D eigenvalue weighted by atomic mass is 15.3. The van der Waals surface area contributed by atoms with E-state index in [9.17, 15) is 0 Å². The lowest BCUT2D eigenvalue weighted by atomic mass is 10.2. The van der Waals surface area contributed by atoms with Crippen molar-refractivity contribution in [3.8, 4) is 0 Å². The summed E-state index contributed by atoms with van der Waals surface area (Å²) in [6, 6.07) is 0. The van der Waals surface area contributed by atoms with Crippen molar-refractivity contribution in [1.82, 2.24) is 19.6 Å². The van der Waals surface area contributed by atoms with Crippen LogP contribution in [0.15, 0.2) is 0 Å². The summed E-state index contributed by atoms with van der Waals surface area (Å²) in [7, 11) is 3.88. The zero-order chi connectivity index (χ0) is 14.9. The molecule has 3 N–H and O–H groups in total. The van der Waals surface area contributed by atoms with Gasteiger partial charge >= 0.3 is 0 Å². The van der Waals surface area contributed by atoms with Crippen molar-refractivity contribution in [2.24, 2.45) is 14.1 Å². The van der Waals surface area contributed by atoms with Crippen molar-refractivity contribution < 1.29 is 0 Å². The molecule has 110 valence electrons. The second-order valence-corrected chi connectivity index (χ2v) is 5.21. The van der Waals surface area contributed by atoms with Crippen molar-refractivity contribution in [3.63, 3.8) is 0 Å². The Hall–Kier alpha value is -1.98. The van der Waals surface area contributed by atoms with E-state index in [-0.39, 0.29) is 0 Å². The molecule has 6 heteroatoms. The normalized spacial score (nSPS) is 11.1. The van der Waals surface area contributed by atoms with E-state index in [1.54, 1.807) is 0 Å². The predicted molar refractivity (Wildman–Crippen MR) is 81.6 cm³/mol. The van der Waals surface area contributed by atoms with Gasteiger partial charge in [-0.05, 0) is 20.3 Å². The first kappa shape index (κ1) is 14.4. The van der Waals surface area contributed by atoms with Crippen LogP contribution in [0.2, 0.25) is 0 Å². The van der Waals surface area contributed by atoms with Crippen molar-refractivity contribution in [3.05, 3.63) is 22.6 Å². The van der Waals surface area contributed by atoms with E-state index in [1.807, 2.05) is 30.4 Å². The smallest absolute Gasteiger partial charge is 0.148 e. The van der Waals surface area contributed by atoms with E-state index in [0.717, 1.165) is 35.7 Å². The van der Waals surface area contributed by atoms with Crippen LogP contribution in [0.5, 0.6) is 0 Å². The third kappa shape index (κ3) is 2.50. The number of nitrogens with zero attached hydrogens (tertiary/aromatic N) is 4. The van der Waals surface area contributed by atoms with E-state index in [1.165, 1.54) is 11.3 Å². The van der Waals surface area contributed by atoms with Crippen LogP contribution in [-0.4, -0.2) is 19.6 Å². The lowest BCUT2D eigenvalue weighted by Gasteiger charge is -2.08. The Labute approximate surface area is 120 Å². The van der Waals surface area contributed by atoms with E-state index < -0.39 is 0 Å². The molecule has 0 aliphatic carbocycles. The first-order valence-electron chi connectivity index (χ1n) is 7.00. The molecule has 2 aromatic heterocycles. The van der Waals surface area contributed by atoms with Gasteiger partial charge in [0.05, 0.1) is 17.1 Å². The highest BCUT2D eigenvalue weighted by molar-refractivity contribution is 5.65. The Morgan fingerprint density at radius 3 is 2.40 bits per heavy atom. The topological polar surface area (TPSA) is 73.7 Å². The van der Waals surface area contributed by atoms with Crippen LogP contribution in [0, 0.1) is 13.8 Å². The molecule has 2 heterocycles. The van der Waals surface area contributed by atoms with Crippen LogP contribution in [-0.2, 0) is 27.1 Å². The summed E-state index contributed by atoms with van der Waals surface area (Å²) in [6.45, 7) is 6.94. The summed E-state index contributed by atoms with van der Waals surface area (Å²) >= 11 is 0. The second kappa shape index (κ2) is 5.56. The average Bonchev–Trinajstić information content (AvgIpc) is 2.78. The molecule has 0 aromatic carbocycles. The molecular weight excluding hydrogens is 252 g/mol. The number of nitrogens with two attached hydrogens (primary N) is 1. The third-order valence-electron chi connectivity index (χ3n) is 3.74. The standard InChI is InChI=1S/C14H24N6/c1-6-7-12-13(15)14(20(5)18-12)16-8-11-9(2)17-19(4)10(11)3/h16H,6-8,15H2,1-5H3. The third-order valence-corrected chi connectivity index (χ3v) is 3.74. The highest BCUT2D eigenvalue weighted by Crippen LogP contribution is 2.24. The summed E-state index contributed by atoms with van der Waals surface area (Å²) in [5.74, 6) is 0.885. The van der Waals surface area contributed by atoms with E-state index in [2.05, 4.69) is 29.4 Å². The zero-order valence-corrected chi connectivity index (χ0v) is 13.0. The lowest BCUT2D eigenvalue weighted by molar-refractivity contribution is 0.729. The largest absolute Gasteiger partial charge is 0.394 e. The number of aryl methyl sites for hydroxylation is 4. The van der Waals surface area contributed by atoms with Gasteiger partial charge in [-0.15, -0.1) is 0 Å². The molecule has 0 fully saturated rings. The Morgan fingerprint density at radius 1 is 1.15 bits per heavy atom. The maximum atomic E-state index is 6.17. The van der Waals surface area contributed by atoms with Crippen LogP contribution in [0.1, 0.15) is 36.0 Å². The lowest BCUT2D eigenvalue weighted by Crippen LogP contribution is -2.07. The minimum absolute atomic E-state index is 0.709. The van der Waals surface area contributed by atoms with Gasteiger partial charge < -0.3 is 11.1 Å². The van der Waals surface area contributed by atoms with Gasteiger partial charge in [-0.1, -0.05) is 13.3 Å². The molecule has 2 aromatic rings. The Kier molecular flexibility index (Phi) is 4.01. The van der Waals surface area contributed by atoms with Crippen molar-refractivity contribution in [1.29, 1.82) is 0 Å². The van der Waals surface area contributed by atoms with E-state index >= 15 is 0 Å². The summed E-state index contributed by atoms with van der Waals surface area (Å²) < 4.78 is 3.73. The molecule has 0 spiro atoms. The molecule has 0 saturated carbocycles. The summed E-state index contributed by atoms with van der Waals surface area (Å²) in [5.41, 5.74) is 11.3. The molecule has 0 aliphatic heterocycles. The fourth-order valence-electron chi connectivity index (χ4n) is 2.47. The predicted octanol–water partition coefficient (Wildman–Crippen LogP) is 1.92. The molecule has 0 amide bonds. The van der Waals surface area contributed by atoms with Gasteiger partial charge in [-0.3, -0.25) is 9.36 Å². The van der Waals surface area contributed by atoms with Crippen molar-refractivity contribution in [2.45, 2.75) is 40.2 Å². The van der Waals surface area contributed by atoms with Crippen LogP contribution in [0.25, 0.3) is 0 Å². The molecule has 0 saturated heterocycles. The number of anilines is 2. The van der Waals surface area contributed by atoms with Gasteiger partial charge in [0.15, 0.2) is 0 Å². The zero-order valence-electron chi connectivity index (χ0n) is 13.0. The Balaban J connectivity index is 2.19. The second-order valence-electron chi connectivity index (χ2n) is 5.21. The minimum atomic E-state index is 0.709. The van der Waals surface area contributed by atoms with Gasteiger partial charge in [0.1, 0.15) is 5.82 Å². The monoisotopic (exact) mass is 276 g/mol. The maximum absolute atomic E-state index is 6.17. The van der Waals surface area contributed by atoms with Gasteiger partial charge in [0, 0.05) is 31.9 Å². The molecule has 0 atom stereocenters. The van der Waals surface area contributed by atoms with Crippen molar-refractivity contribution in [2.75, 3.05) is 11.1 Å². The highest BCUT2D eigenvalue weighted by Gasteiger charge is 2.14. The number of hydrogen-bond acceptors (Lipinski definition) is 4. The first-order chi connectivity index (χ1) is 9.45. The molecule has 0 unspecified atom stereocenters. The fraction of sp³-hybridized carbons (Fsp3) is 0.571. The van der Waals surface area contributed by atoms with Crippen LogP contribution < -0.4 is 11.1 Å². The Bertz CT molecular complexity index is 608. The number of nitrogen functional groups attached to an aromatic ring is 1.